The molecule has 1 heterocycles. The molecular formula is C11H11NS2. The standard InChI is InChI=1S/C11H11NS2/c1-8-4-5-9(12)10(7-8)14-11-3-2-6-13-11/h2-7H,12H2,1H3. The number of rotatable bonds is 2. The molecule has 2 N–H and O–H groups in total. The molecule has 0 spiro atoms. The van der Waals surface area contributed by atoms with Gasteiger partial charge in [-0.25, -0.2) is 0 Å². The van der Waals surface area contributed by atoms with Crippen LogP contribution in [0.4, 0.5) is 5.69 Å². The first-order chi connectivity index (χ1) is 6.75. The second-order valence-corrected chi connectivity index (χ2v) is 5.37. The molecule has 0 saturated carbocycles. The maximum atomic E-state index is 5.89. The lowest BCUT2D eigenvalue weighted by Crippen LogP contribution is -1.88. The molecule has 0 unspecified atom stereocenters. The van der Waals surface area contributed by atoms with Crippen LogP contribution in [0.15, 0.2) is 44.8 Å². The van der Waals surface area contributed by atoms with Gasteiger partial charge in [0.05, 0.1) is 4.21 Å². The maximum Gasteiger partial charge on any atom is 0.0647 e. The van der Waals surface area contributed by atoms with Gasteiger partial charge in [0.15, 0.2) is 0 Å². The summed E-state index contributed by atoms with van der Waals surface area (Å²) >= 11 is 3.47. The van der Waals surface area contributed by atoms with E-state index in [4.69, 9.17) is 5.73 Å². The summed E-state index contributed by atoms with van der Waals surface area (Å²) in [5.74, 6) is 0. The normalized spacial score (nSPS) is 10.4. The predicted molar refractivity (Wildman–Crippen MR) is 64.0 cm³/mol. The predicted octanol–water partition coefficient (Wildman–Crippen LogP) is 3.79. The lowest BCUT2D eigenvalue weighted by molar-refractivity contribution is 1.36. The Balaban J connectivity index is 2.28. The molecule has 1 aromatic heterocycles. The van der Waals surface area contributed by atoms with Crippen molar-refractivity contribution in [1.29, 1.82) is 0 Å². The van der Waals surface area contributed by atoms with E-state index in [0.29, 0.717) is 0 Å². The highest BCUT2D eigenvalue weighted by atomic mass is 32.2. The van der Waals surface area contributed by atoms with Crippen LogP contribution in [0, 0.1) is 6.92 Å². The topological polar surface area (TPSA) is 26.0 Å². The van der Waals surface area contributed by atoms with Gasteiger partial charge in [0, 0.05) is 10.6 Å². The Hall–Kier alpha value is -0.930. The van der Waals surface area contributed by atoms with Crippen LogP contribution in [0.2, 0.25) is 0 Å². The van der Waals surface area contributed by atoms with Gasteiger partial charge in [0.1, 0.15) is 0 Å². The fourth-order valence-electron chi connectivity index (χ4n) is 1.16. The Labute approximate surface area is 92.0 Å². The van der Waals surface area contributed by atoms with E-state index in [1.807, 2.05) is 12.1 Å². The number of hydrogen-bond acceptors (Lipinski definition) is 3. The van der Waals surface area contributed by atoms with Crippen molar-refractivity contribution in [3.63, 3.8) is 0 Å². The van der Waals surface area contributed by atoms with Crippen molar-refractivity contribution in [1.82, 2.24) is 0 Å². The van der Waals surface area contributed by atoms with Crippen molar-refractivity contribution in [2.45, 2.75) is 16.0 Å². The molecule has 0 bridgehead atoms. The summed E-state index contributed by atoms with van der Waals surface area (Å²) in [4.78, 5) is 1.15. The summed E-state index contributed by atoms with van der Waals surface area (Å²) in [5.41, 5.74) is 7.99. The zero-order chi connectivity index (χ0) is 9.97. The molecule has 0 aliphatic rings. The van der Waals surface area contributed by atoms with E-state index in [0.717, 1.165) is 10.6 Å². The van der Waals surface area contributed by atoms with Crippen LogP contribution in [-0.2, 0) is 0 Å². The van der Waals surface area contributed by atoms with Gasteiger partial charge in [-0.15, -0.1) is 11.3 Å². The largest absolute Gasteiger partial charge is 0.398 e. The third kappa shape index (κ3) is 2.11. The minimum Gasteiger partial charge on any atom is -0.398 e. The first-order valence-corrected chi connectivity index (χ1v) is 6.03. The van der Waals surface area contributed by atoms with Crippen LogP contribution >= 0.6 is 23.1 Å². The quantitative estimate of drug-likeness (QED) is 0.781. The molecule has 2 aromatic rings. The number of nitrogens with two attached hydrogens (primary N) is 1. The molecule has 0 fully saturated rings. The SMILES string of the molecule is Cc1ccc(N)c(Sc2cccs2)c1. The van der Waals surface area contributed by atoms with Gasteiger partial charge in [0.2, 0.25) is 0 Å². The van der Waals surface area contributed by atoms with E-state index in [9.17, 15) is 0 Å². The lowest BCUT2D eigenvalue weighted by Gasteiger charge is -2.04. The fraction of sp³-hybridized carbons (Fsp3) is 0.0909. The number of aryl methyl sites for hydroxylation is 1. The van der Waals surface area contributed by atoms with Gasteiger partial charge in [-0.3, -0.25) is 0 Å². The summed E-state index contributed by atoms with van der Waals surface area (Å²) in [6.07, 6.45) is 0. The summed E-state index contributed by atoms with van der Waals surface area (Å²) in [7, 11) is 0. The summed E-state index contributed by atoms with van der Waals surface area (Å²) < 4.78 is 1.28. The highest BCUT2D eigenvalue weighted by molar-refractivity contribution is 8.01. The molecule has 72 valence electrons. The van der Waals surface area contributed by atoms with Gasteiger partial charge in [-0.1, -0.05) is 23.9 Å². The van der Waals surface area contributed by atoms with E-state index < -0.39 is 0 Å². The molecule has 1 aromatic carbocycles. The van der Waals surface area contributed by atoms with Crippen LogP contribution in [0.25, 0.3) is 0 Å². The minimum absolute atomic E-state index is 0.856. The molecule has 14 heavy (non-hydrogen) atoms. The molecule has 0 radical (unpaired) electrons. The average Bonchev–Trinajstić information content (AvgIpc) is 2.64. The number of anilines is 1. The van der Waals surface area contributed by atoms with Gasteiger partial charge in [-0.05, 0) is 36.1 Å². The van der Waals surface area contributed by atoms with Crippen molar-refractivity contribution in [3.8, 4) is 0 Å². The van der Waals surface area contributed by atoms with Crippen LogP contribution in [0.5, 0.6) is 0 Å². The first-order valence-electron chi connectivity index (χ1n) is 4.33. The van der Waals surface area contributed by atoms with E-state index in [1.165, 1.54) is 9.77 Å². The van der Waals surface area contributed by atoms with Gasteiger partial charge < -0.3 is 5.73 Å². The van der Waals surface area contributed by atoms with E-state index in [2.05, 4.69) is 30.5 Å². The summed E-state index contributed by atoms with van der Waals surface area (Å²) in [6, 6.07) is 10.3. The zero-order valence-corrected chi connectivity index (χ0v) is 9.49. The molecule has 0 atom stereocenters. The van der Waals surface area contributed by atoms with Crippen LogP contribution in [0.1, 0.15) is 5.56 Å². The monoisotopic (exact) mass is 221 g/mol. The average molecular weight is 221 g/mol. The molecule has 0 amide bonds. The Morgan fingerprint density at radius 3 is 2.86 bits per heavy atom. The molecule has 2 rings (SSSR count). The zero-order valence-electron chi connectivity index (χ0n) is 7.86. The van der Waals surface area contributed by atoms with Crippen LogP contribution in [0.3, 0.4) is 0 Å². The Morgan fingerprint density at radius 2 is 2.14 bits per heavy atom. The van der Waals surface area contributed by atoms with Gasteiger partial charge >= 0.3 is 0 Å². The van der Waals surface area contributed by atoms with Gasteiger partial charge in [-0.2, -0.15) is 0 Å². The third-order valence-electron chi connectivity index (χ3n) is 1.87. The molecule has 0 aliphatic heterocycles. The summed E-state index contributed by atoms with van der Waals surface area (Å²) in [6.45, 7) is 2.08. The fourth-order valence-corrected chi connectivity index (χ4v) is 3.03. The minimum atomic E-state index is 0.856. The molecule has 0 saturated heterocycles. The van der Waals surface area contributed by atoms with Crippen LogP contribution in [-0.4, -0.2) is 0 Å². The molecule has 1 nitrogen and oxygen atoms in total. The smallest absolute Gasteiger partial charge is 0.0647 e. The van der Waals surface area contributed by atoms with Gasteiger partial charge in [0.25, 0.3) is 0 Å². The van der Waals surface area contributed by atoms with E-state index in [1.54, 1.807) is 23.1 Å². The van der Waals surface area contributed by atoms with E-state index >= 15 is 0 Å². The highest BCUT2D eigenvalue weighted by Crippen LogP contribution is 2.35. The number of nitrogen functional groups attached to an aromatic ring is 1. The Kier molecular flexibility index (Phi) is 2.79. The van der Waals surface area contributed by atoms with Crippen molar-refractivity contribution in [2.75, 3.05) is 5.73 Å². The number of benzene rings is 1. The lowest BCUT2D eigenvalue weighted by atomic mass is 10.2. The Morgan fingerprint density at radius 1 is 1.29 bits per heavy atom. The van der Waals surface area contributed by atoms with Crippen LogP contribution < -0.4 is 5.73 Å². The molecule has 3 heteroatoms. The van der Waals surface area contributed by atoms with Crippen molar-refractivity contribution in [2.24, 2.45) is 0 Å². The number of thiophene rings is 1. The van der Waals surface area contributed by atoms with E-state index in [-0.39, 0.29) is 0 Å². The second-order valence-electron chi connectivity index (χ2n) is 3.08. The van der Waals surface area contributed by atoms with Crippen molar-refractivity contribution in [3.05, 3.63) is 41.3 Å². The highest BCUT2D eigenvalue weighted by Gasteiger charge is 2.02. The molecular weight excluding hydrogens is 210 g/mol. The first kappa shape index (κ1) is 9.62. The maximum absolute atomic E-state index is 5.89. The second kappa shape index (κ2) is 4.07. The van der Waals surface area contributed by atoms with Crippen molar-refractivity contribution >= 4 is 28.8 Å². The summed E-state index contributed by atoms with van der Waals surface area (Å²) in [5, 5.41) is 2.08. The molecule has 0 aliphatic carbocycles. The Bertz CT molecular complexity index is 421. The number of hydrogen-bond donors (Lipinski definition) is 1. The third-order valence-corrected chi connectivity index (χ3v) is 3.99. The van der Waals surface area contributed by atoms with Crippen molar-refractivity contribution < 1.29 is 0 Å².